The summed E-state index contributed by atoms with van der Waals surface area (Å²) in [5, 5.41) is 4.38. The number of rotatable bonds is 7. The molecule has 1 aliphatic rings. The Balaban J connectivity index is 1.81. The summed E-state index contributed by atoms with van der Waals surface area (Å²) >= 11 is 2.10. The quantitative estimate of drug-likeness (QED) is 0.714. The molecule has 1 aliphatic carbocycles. The Labute approximate surface area is 135 Å². The van der Waals surface area contributed by atoms with Gasteiger partial charge in [-0.3, -0.25) is 0 Å². The Hall–Kier alpha value is -0.470. The molecule has 0 radical (unpaired) electrons. The zero-order chi connectivity index (χ0) is 15.1. The average Bonchev–Trinajstić information content (AvgIpc) is 2.48. The van der Waals surface area contributed by atoms with Crippen molar-refractivity contribution in [1.82, 2.24) is 5.32 Å². The molecule has 0 amide bonds. The zero-order valence-electron chi connectivity index (χ0n) is 13.9. The van der Waals surface area contributed by atoms with Gasteiger partial charge in [0.1, 0.15) is 0 Å². The molecule has 0 bridgehead atoms. The lowest BCUT2D eigenvalue weighted by atomic mass is 9.87. The van der Waals surface area contributed by atoms with Gasteiger partial charge in [-0.15, -0.1) is 11.8 Å². The highest BCUT2D eigenvalue weighted by atomic mass is 32.2. The van der Waals surface area contributed by atoms with E-state index in [4.69, 9.17) is 0 Å². The standard InChI is InChI=1S/C19H31NS/c1-4-16-8-10-18(11-9-16)21-19-7-5-6-17(12-19)14-20-13-15(2)3/h5-7,12,15-16,18,20H,4,8-11,13-14H2,1-3H3. The first-order chi connectivity index (χ1) is 10.2. The molecule has 1 aromatic carbocycles. The minimum absolute atomic E-state index is 0.719. The second-order valence-corrected chi connectivity index (χ2v) is 8.21. The molecule has 21 heavy (non-hydrogen) atoms. The van der Waals surface area contributed by atoms with Gasteiger partial charge in [-0.1, -0.05) is 39.3 Å². The fourth-order valence-electron chi connectivity index (χ4n) is 3.08. The van der Waals surface area contributed by atoms with Crippen molar-refractivity contribution in [3.05, 3.63) is 29.8 Å². The van der Waals surface area contributed by atoms with Crippen molar-refractivity contribution in [1.29, 1.82) is 0 Å². The van der Waals surface area contributed by atoms with Crippen LogP contribution in [0.3, 0.4) is 0 Å². The first-order valence-corrected chi connectivity index (χ1v) is 9.51. The van der Waals surface area contributed by atoms with Crippen molar-refractivity contribution < 1.29 is 0 Å². The summed E-state index contributed by atoms with van der Waals surface area (Å²) in [5.41, 5.74) is 1.42. The summed E-state index contributed by atoms with van der Waals surface area (Å²) in [6, 6.07) is 9.12. The van der Waals surface area contributed by atoms with Crippen LogP contribution in [0.2, 0.25) is 0 Å². The molecule has 1 saturated carbocycles. The molecule has 118 valence electrons. The van der Waals surface area contributed by atoms with E-state index in [2.05, 4.69) is 62.1 Å². The largest absolute Gasteiger partial charge is 0.312 e. The molecule has 2 heteroatoms. The van der Waals surface area contributed by atoms with E-state index < -0.39 is 0 Å². The zero-order valence-corrected chi connectivity index (χ0v) is 14.7. The molecule has 0 spiro atoms. The van der Waals surface area contributed by atoms with E-state index in [1.807, 2.05) is 0 Å². The molecular weight excluding hydrogens is 274 g/mol. The Bertz CT molecular complexity index is 408. The van der Waals surface area contributed by atoms with E-state index in [0.717, 1.165) is 30.2 Å². The van der Waals surface area contributed by atoms with Gasteiger partial charge in [0.2, 0.25) is 0 Å². The lowest BCUT2D eigenvalue weighted by molar-refractivity contribution is 0.356. The second-order valence-electron chi connectivity index (χ2n) is 6.84. The van der Waals surface area contributed by atoms with Crippen LogP contribution in [-0.4, -0.2) is 11.8 Å². The molecule has 1 fully saturated rings. The summed E-state index contributed by atoms with van der Waals surface area (Å²) in [5.74, 6) is 1.71. The minimum Gasteiger partial charge on any atom is -0.312 e. The number of benzene rings is 1. The van der Waals surface area contributed by atoms with Crippen molar-refractivity contribution in [2.75, 3.05) is 6.54 Å². The molecule has 0 atom stereocenters. The van der Waals surface area contributed by atoms with Crippen LogP contribution in [0.15, 0.2) is 29.2 Å². The lowest BCUT2D eigenvalue weighted by Gasteiger charge is -2.27. The van der Waals surface area contributed by atoms with E-state index in [1.165, 1.54) is 42.6 Å². The maximum Gasteiger partial charge on any atom is 0.0206 e. The first-order valence-electron chi connectivity index (χ1n) is 8.63. The van der Waals surface area contributed by atoms with Gasteiger partial charge in [0.05, 0.1) is 0 Å². The molecular formula is C19H31NS. The van der Waals surface area contributed by atoms with Crippen LogP contribution in [0.5, 0.6) is 0 Å². The first kappa shape index (κ1) is 16.9. The number of hydrogen-bond donors (Lipinski definition) is 1. The van der Waals surface area contributed by atoms with Crippen LogP contribution in [0.25, 0.3) is 0 Å². The predicted octanol–water partition coefficient (Wildman–Crippen LogP) is 5.49. The molecule has 0 aliphatic heterocycles. The average molecular weight is 306 g/mol. The Morgan fingerprint density at radius 1 is 1.19 bits per heavy atom. The van der Waals surface area contributed by atoms with Crippen LogP contribution in [0.1, 0.15) is 58.4 Å². The molecule has 1 nitrogen and oxygen atoms in total. The molecule has 1 aromatic rings. The normalized spacial score (nSPS) is 22.7. The van der Waals surface area contributed by atoms with Crippen molar-refractivity contribution in [2.24, 2.45) is 11.8 Å². The van der Waals surface area contributed by atoms with Crippen molar-refractivity contribution in [2.45, 2.75) is 69.6 Å². The summed E-state index contributed by atoms with van der Waals surface area (Å²) < 4.78 is 0. The summed E-state index contributed by atoms with van der Waals surface area (Å²) in [7, 11) is 0. The highest BCUT2D eigenvalue weighted by molar-refractivity contribution is 8.00. The smallest absolute Gasteiger partial charge is 0.0206 e. The van der Waals surface area contributed by atoms with Gasteiger partial charge in [-0.2, -0.15) is 0 Å². The molecule has 0 saturated heterocycles. The van der Waals surface area contributed by atoms with Crippen molar-refractivity contribution in [3.8, 4) is 0 Å². The number of nitrogens with one attached hydrogen (secondary N) is 1. The summed E-state index contributed by atoms with van der Waals surface area (Å²) in [6.07, 6.45) is 7.04. The Morgan fingerprint density at radius 2 is 1.95 bits per heavy atom. The Kier molecular flexibility index (Phi) is 7.12. The number of thioether (sulfide) groups is 1. The van der Waals surface area contributed by atoms with Crippen LogP contribution in [-0.2, 0) is 6.54 Å². The minimum atomic E-state index is 0.719. The Morgan fingerprint density at radius 3 is 2.62 bits per heavy atom. The molecule has 0 unspecified atom stereocenters. The maximum absolute atomic E-state index is 3.54. The van der Waals surface area contributed by atoms with Gasteiger partial charge in [0.15, 0.2) is 0 Å². The maximum atomic E-state index is 3.54. The monoisotopic (exact) mass is 305 g/mol. The van der Waals surface area contributed by atoms with E-state index in [1.54, 1.807) is 0 Å². The van der Waals surface area contributed by atoms with E-state index >= 15 is 0 Å². The second kappa shape index (κ2) is 8.85. The van der Waals surface area contributed by atoms with Crippen molar-refractivity contribution in [3.63, 3.8) is 0 Å². The highest BCUT2D eigenvalue weighted by Crippen LogP contribution is 2.37. The summed E-state index contributed by atoms with van der Waals surface area (Å²) in [6.45, 7) is 8.94. The van der Waals surface area contributed by atoms with Gasteiger partial charge in [0.25, 0.3) is 0 Å². The van der Waals surface area contributed by atoms with E-state index in [9.17, 15) is 0 Å². The van der Waals surface area contributed by atoms with Gasteiger partial charge >= 0.3 is 0 Å². The number of hydrogen-bond acceptors (Lipinski definition) is 2. The molecule has 2 rings (SSSR count). The van der Waals surface area contributed by atoms with Crippen LogP contribution < -0.4 is 5.32 Å². The van der Waals surface area contributed by atoms with E-state index in [0.29, 0.717) is 0 Å². The SMILES string of the molecule is CCC1CCC(Sc2cccc(CNCC(C)C)c2)CC1. The van der Waals surface area contributed by atoms with Gasteiger partial charge in [-0.25, -0.2) is 0 Å². The van der Waals surface area contributed by atoms with Gasteiger partial charge in [-0.05, 0) is 61.8 Å². The van der Waals surface area contributed by atoms with E-state index in [-0.39, 0.29) is 0 Å². The molecule has 0 heterocycles. The van der Waals surface area contributed by atoms with Crippen molar-refractivity contribution >= 4 is 11.8 Å². The van der Waals surface area contributed by atoms with Crippen LogP contribution >= 0.6 is 11.8 Å². The third kappa shape index (κ3) is 6.04. The van der Waals surface area contributed by atoms with Crippen LogP contribution in [0.4, 0.5) is 0 Å². The molecule has 0 aromatic heterocycles. The highest BCUT2D eigenvalue weighted by Gasteiger charge is 2.20. The van der Waals surface area contributed by atoms with Gasteiger partial charge < -0.3 is 5.32 Å². The molecule has 1 N–H and O–H groups in total. The van der Waals surface area contributed by atoms with Crippen LogP contribution in [0, 0.1) is 11.8 Å². The lowest BCUT2D eigenvalue weighted by Crippen LogP contribution is -2.19. The topological polar surface area (TPSA) is 12.0 Å². The third-order valence-electron chi connectivity index (χ3n) is 4.45. The summed E-state index contributed by atoms with van der Waals surface area (Å²) in [4.78, 5) is 1.46. The van der Waals surface area contributed by atoms with Gasteiger partial charge in [0, 0.05) is 16.7 Å². The fraction of sp³-hybridized carbons (Fsp3) is 0.684. The predicted molar refractivity (Wildman–Crippen MR) is 94.9 cm³/mol. The fourth-order valence-corrected chi connectivity index (χ4v) is 4.35. The third-order valence-corrected chi connectivity index (χ3v) is 5.78.